The molecule has 1 unspecified atom stereocenters. The molecular weight excluding hydrogens is 219 g/mol. The van der Waals surface area contributed by atoms with Gasteiger partial charge in [0, 0.05) is 23.9 Å². The van der Waals surface area contributed by atoms with Crippen molar-refractivity contribution in [2.45, 2.75) is 12.3 Å². The van der Waals surface area contributed by atoms with Crippen molar-refractivity contribution in [1.29, 1.82) is 0 Å². The van der Waals surface area contributed by atoms with Gasteiger partial charge in [0.15, 0.2) is 0 Å². The van der Waals surface area contributed by atoms with E-state index in [-0.39, 0.29) is 11.7 Å². The van der Waals surface area contributed by atoms with Gasteiger partial charge in [-0.15, -0.1) is 0 Å². The number of nitrogen functional groups attached to an aromatic ring is 1. The lowest BCUT2D eigenvalue weighted by molar-refractivity contribution is 0.629. The van der Waals surface area contributed by atoms with Crippen LogP contribution < -0.4 is 11.1 Å². The first-order valence-corrected chi connectivity index (χ1v) is 5.67. The number of benzene rings is 1. The first kappa shape index (κ1) is 10.4. The summed E-state index contributed by atoms with van der Waals surface area (Å²) in [5.41, 5.74) is 6.46. The minimum atomic E-state index is -0.300. The quantitative estimate of drug-likeness (QED) is 0.780. The van der Waals surface area contributed by atoms with Crippen molar-refractivity contribution in [1.82, 2.24) is 15.3 Å². The van der Waals surface area contributed by atoms with Crippen LogP contribution in [0.4, 0.5) is 10.2 Å². The number of anilines is 1. The Labute approximate surface area is 98.1 Å². The van der Waals surface area contributed by atoms with Crippen LogP contribution in [0.5, 0.6) is 0 Å². The number of aromatic nitrogens is 2. The molecule has 1 aliphatic rings. The SMILES string of the molecule is Nc1nc(C2CCNC2)nc2cc(F)ccc12. The monoisotopic (exact) mass is 232 g/mol. The fourth-order valence-corrected chi connectivity index (χ4v) is 2.20. The van der Waals surface area contributed by atoms with Crippen molar-refractivity contribution in [2.75, 3.05) is 18.8 Å². The summed E-state index contributed by atoms with van der Waals surface area (Å²) in [4.78, 5) is 8.72. The number of nitrogens with two attached hydrogens (primary N) is 1. The van der Waals surface area contributed by atoms with Gasteiger partial charge in [-0.05, 0) is 25.1 Å². The molecule has 2 aromatic rings. The maximum atomic E-state index is 13.2. The smallest absolute Gasteiger partial charge is 0.135 e. The molecule has 3 N–H and O–H groups in total. The molecule has 3 rings (SSSR count). The molecular formula is C12H13FN4. The van der Waals surface area contributed by atoms with E-state index in [4.69, 9.17) is 5.73 Å². The molecule has 0 bridgehead atoms. The maximum Gasteiger partial charge on any atom is 0.135 e. The van der Waals surface area contributed by atoms with Crippen molar-refractivity contribution in [3.63, 3.8) is 0 Å². The summed E-state index contributed by atoms with van der Waals surface area (Å²) in [5, 5.41) is 3.96. The second-order valence-electron chi connectivity index (χ2n) is 4.32. The van der Waals surface area contributed by atoms with Crippen molar-refractivity contribution in [2.24, 2.45) is 0 Å². The van der Waals surface area contributed by atoms with Crippen molar-refractivity contribution in [3.8, 4) is 0 Å². The predicted molar refractivity (Wildman–Crippen MR) is 64.1 cm³/mol. The average Bonchev–Trinajstić information content (AvgIpc) is 2.81. The summed E-state index contributed by atoms with van der Waals surface area (Å²) in [7, 11) is 0. The second-order valence-corrected chi connectivity index (χ2v) is 4.32. The molecule has 17 heavy (non-hydrogen) atoms. The Morgan fingerprint density at radius 3 is 3.00 bits per heavy atom. The van der Waals surface area contributed by atoms with Crippen molar-refractivity contribution >= 4 is 16.7 Å². The zero-order valence-electron chi connectivity index (χ0n) is 9.28. The average molecular weight is 232 g/mol. The highest BCUT2D eigenvalue weighted by Crippen LogP contribution is 2.24. The Hall–Kier alpha value is -1.75. The summed E-state index contributed by atoms with van der Waals surface area (Å²) in [6, 6.07) is 4.40. The Kier molecular flexibility index (Phi) is 2.40. The van der Waals surface area contributed by atoms with E-state index in [1.807, 2.05) is 0 Å². The van der Waals surface area contributed by atoms with Gasteiger partial charge in [-0.25, -0.2) is 14.4 Å². The second kappa shape index (κ2) is 3.92. The lowest BCUT2D eigenvalue weighted by Gasteiger charge is -2.09. The molecule has 1 fully saturated rings. The first-order valence-electron chi connectivity index (χ1n) is 5.67. The minimum Gasteiger partial charge on any atom is -0.383 e. The molecule has 0 saturated carbocycles. The summed E-state index contributed by atoms with van der Waals surface area (Å²) < 4.78 is 13.2. The van der Waals surface area contributed by atoms with E-state index >= 15 is 0 Å². The topological polar surface area (TPSA) is 63.8 Å². The third-order valence-electron chi connectivity index (χ3n) is 3.13. The molecule has 0 radical (unpaired) electrons. The number of hydrogen-bond acceptors (Lipinski definition) is 4. The van der Waals surface area contributed by atoms with Crippen LogP contribution in [-0.4, -0.2) is 23.1 Å². The van der Waals surface area contributed by atoms with Crippen LogP contribution >= 0.6 is 0 Å². The number of hydrogen-bond donors (Lipinski definition) is 2. The maximum absolute atomic E-state index is 13.2. The van der Waals surface area contributed by atoms with Crippen LogP contribution in [0.15, 0.2) is 18.2 Å². The summed E-state index contributed by atoms with van der Waals surface area (Å²) in [6.45, 7) is 1.83. The van der Waals surface area contributed by atoms with Crippen molar-refractivity contribution in [3.05, 3.63) is 29.8 Å². The standard InChI is InChI=1S/C12H13FN4/c13-8-1-2-9-10(5-8)16-12(17-11(9)14)7-3-4-15-6-7/h1-2,5,7,15H,3-4,6H2,(H2,14,16,17). The van der Waals surface area contributed by atoms with E-state index in [0.29, 0.717) is 22.5 Å². The number of rotatable bonds is 1. The highest BCUT2D eigenvalue weighted by Gasteiger charge is 2.20. The Morgan fingerprint density at radius 1 is 1.35 bits per heavy atom. The van der Waals surface area contributed by atoms with Crippen molar-refractivity contribution < 1.29 is 4.39 Å². The molecule has 4 nitrogen and oxygen atoms in total. The minimum absolute atomic E-state index is 0.282. The van der Waals surface area contributed by atoms with Gasteiger partial charge in [-0.1, -0.05) is 0 Å². The zero-order chi connectivity index (χ0) is 11.8. The molecule has 1 aromatic heterocycles. The molecule has 0 amide bonds. The van der Waals surface area contributed by atoms with Gasteiger partial charge in [0.1, 0.15) is 17.5 Å². The lowest BCUT2D eigenvalue weighted by atomic mass is 10.1. The summed E-state index contributed by atoms with van der Waals surface area (Å²) in [6.07, 6.45) is 1.00. The number of nitrogens with zero attached hydrogens (tertiary/aromatic N) is 2. The largest absolute Gasteiger partial charge is 0.383 e. The van der Waals surface area contributed by atoms with E-state index in [0.717, 1.165) is 19.5 Å². The van der Waals surface area contributed by atoms with Gasteiger partial charge >= 0.3 is 0 Å². The van der Waals surface area contributed by atoms with Crippen LogP contribution in [0, 0.1) is 5.82 Å². The van der Waals surface area contributed by atoms with E-state index < -0.39 is 0 Å². The Balaban J connectivity index is 2.14. The third kappa shape index (κ3) is 1.82. The number of fused-ring (bicyclic) bond motifs is 1. The summed E-state index contributed by atoms with van der Waals surface area (Å²) >= 11 is 0. The first-order chi connectivity index (χ1) is 8.24. The van der Waals surface area contributed by atoms with E-state index in [1.54, 1.807) is 6.07 Å². The molecule has 1 aromatic carbocycles. The zero-order valence-corrected chi connectivity index (χ0v) is 9.28. The van der Waals surface area contributed by atoms with Crippen LogP contribution in [0.2, 0.25) is 0 Å². The van der Waals surface area contributed by atoms with Gasteiger partial charge < -0.3 is 11.1 Å². The van der Waals surface area contributed by atoms with E-state index in [2.05, 4.69) is 15.3 Å². The fourth-order valence-electron chi connectivity index (χ4n) is 2.20. The highest BCUT2D eigenvalue weighted by molar-refractivity contribution is 5.87. The third-order valence-corrected chi connectivity index (χ3v) is 3.13. The van der Waals surface area contributed by atoms with Crippen LogP contribution in [0.25, 0.3) is 10.9 Å². The molecule has 2 heterocycles. The van der Waals surface area contributed by atoms with Gasteiger partial charge in [-0.3, -0.25) is 0 Å². The molecule has 1 atom stereocenters. The van der Waals surface area contributed by atoms with Gasteiger partial charge in [0.05, 0.1) is 5.52 Å². The number of halogens is 1. The number of nitrogens with one attached hydrogen (secondary N) is 1. The molecule has 1 aliphatic heterocycles. The van der Waals surface area contributed by atoms with Crippen LogP contribution in [0.1, 0.15) is 18.2 Å². The highest BCUT2D eigenvalue weighted by atomic mass is 19.1. The molecule has 5 heteroatoms. The molecule has 1 saturated heterocycles. The Bertz CT molecular complexity index is 564. The normalized spacial score (nSPS) is 19.9. The van der Waals surface area contributed by atoms with Gasteiger partial charge in [0.2, 0.25) is 0 Å². The van der Waals surface area contributed by atoms with Gasteiger partial charge in [0.25, 0.3) is 0 Å². The lowest BCUT2D eigenvalue weighted by Crippen LogP contribution is -2.11. The molecule has 0 spiro atoms. The molecule has 88 valence electrons. The van der Waals surface area contributed by atoms with Crippen LogP contribution in [-0.2, 0) is 0 Å². The predicted octanol–water partition coefficient (Wildman–Crippen LogP) is 1.43. The van der Waals surface area contributed by atoms with Gasteiger partial charge in [-0.2, -0.15) is 0 Å². The summed E-state index contributed by atoms with van der Waals surface area (Å²) in [5.74, 6) is 1.12. The fraction of sp³-hybridized carbons (Fsp3) is 0.333. The molecule has 0 aliphatic carbocycles. The van der Waals surface area contributed by atoms with E-state index in [9.17, 15) is 4.39 Å². The van der Waals surface area contributed by atoms with E-state index in [1.165, 1.54) is 12.1 Å². The Morgan fingerprint density at radius 2 is 2.24 bits per heavy atom. The van der Waals surface area contributed by atoms with Crippen LogP contribution in [0.3, 0.4) is 0 Å².